The summed E-state index contributed by atoms with van der Waals surface area (Å²) in [6.07, 6.45) is -7.55. The Balaban J connectivity index is 1.94. The highest BCUT2D eigenvalue weighted by molar-refractivity contribution is 5.48. The second-order valence-electron chi connectivity index (χ2n) is 5.88. The SMILES string of the molecule is C[C@H]1c2c(C(F)(F)F)cnc(OC3CC(F)(F)C3)c2C[C@H]1F. The van der Waals surface area contributed by atoms with Crippen molar-refractivity contribution in [2.75, 3.05) is 0 Å². The van der Waals surface area contributed by atoms with E-state index in [1.165, 1.54) is 6.92 Å². The van der Waals surface area contributed by atoms with Crippen molar-refractivity contribution < 1.29 is 31.1 Å². The standard InChI is InChI=1S/C14H13F6NO/c1-6-10(15)2-8-11(6)9(14(18,19)20)5-21-12(8)22-7-3-13(16,17)4-7/h5-7,10H,2-4H2,1H3/t6-,10-/m1/s1. The average molecular weight is 325 g/mol. The van der Waals surface area contributed by atoms with Gasteiger partial charge < -0.3 is 4.74 Å². The lowest BCUT2D eigenvalue weighted by molar-refractivity contribution is -0.139. The highest BCUT2D eigenvalue weighted by Crippen LogP contribution is 2.47. The summed E-state index contributed by atoms with van der Waals surface area (Å²) >= 11 is 0. The minimum absolute atomic E-state index is 0.0463. The van der Waals surface area contributed by atoms with Gasteiger partial charge in [-0.2, -0.15) is 13.2 Å². The van der Waals surface area contributed by atoms with E-state index in [1.54, 1.807) is 0 Å². The van der Waals surface area contributed by atoms with Gasteiger partial charge in [0.05, 0.1) is 5.56 Å². The number of aromatic nitrogens is 1. The van der Waals surface area contributed by atoms with Crippen molar-refractivity contribution in [3.05, 3.63) is 22.9 Å². The van der Waals surface area contributed by atoms with Crippen LogP contribution in [0, 0.1) is 0 Å². The lowest BCUT2D eigenvalue weighted by Gasteiger charge is -2.34. The molecule has 2 nitrogen and oxygen atoms in total. The summed E-state index contributed by atoms with van der Waals surface area (Å²) in [6, 6.07) is 0. The van der Waals surface area contributed by atoms with Gasteiger partial charge in [-0.3, -0.25) is 0 Å². The number of alkyl halides is 6. The van der Waals surface area contributed by atoms with Gasteiger partial charge in [0.25, 0.3) is 5.92 Å². The fraction of sp³-hybridized carbons (Fsp3) is 0.643. The van der Waals surface area contributed by atoms with Gasteiger partial charge in [0.2, 0.25) is 5.88 Å². The molecule has 0 N–H and O–H groups in total. The predicted octanol–water partition coefficient (Wildman–Crippen LogP) is 4.27. The molecule has 0 aliphatic heterocycles. The van der Waals surface area contributed by atoms with Crippen molar-refractivity contribution in [3.63, 3.8) is 0 Å². The number of pyridine rings is 1. The van der Waals surface area contributed by atoms with Crippen molar-refractivity contribution in [3.8, 4) is 5.88 Å². The van der Waals surface area contributed by atoms with Crippen LogP contribution in [-0.4, -0.2) is 23.2 Å². The first-order valence-corrected chi connectivity index (χ1v) is 6.86. The van der Waals surface area contributed by atoms with Crippen molar-refractivity contribution in [1.29, 1.82) is 0 Å². The largest absolute Gasteiger partial charge is 0.474 e. The van der Waals surface area contributed by atoms with Crippen LogP contribution < -0.4 is 4.74 Å². The zero-order valence-corrected chi connectivity index (χ0v) is 11.6. The second-order valence-corrected chi connectivity index (χ2v) is 5.88. The lowest BCUT2D eigenvalue weighted by Crippen LogP contribution is -2.43. The Morgan fingerprint density at radius 2 is 1.91 bits per heavy atom. The Bertz CT molecular complexity index is 592. The third kappa shape index (κ3) is 2.52. The van der Waals surface area contributed by atoms with Gasteiger partial charge in [0.15, 0.2) is 0 Å². The van der Waals surface area contributed by atoms with E-state index < -0.39 is 48.7 Å². The molecule has 0 spiro atoms. The van der Waals surface area contributed by atoms with Crippen LogP contribution in [0.1, 0.15) is 42.4 Å². The quantitative estimate of drug-likeness (QED) is 0.758. The number of halogens is 6. The van der Waals surface area contributed by atoms with Crippen LogP contribution in [0.2, 0.25) is 0 Å². The molecule has 0 saturated heterocycles. The Labute approximate surface area is 122 Å². The fourth-order valence-corrected chi connectivity index (χ4v) is 2.99. The summed E-state index contributed by atoms with van der Waals surface area (Å²) in [5.41, 5.74) is -1.11. The minimum Gasteiger partial charge on any atom is -0.474 e. The van der Waals surface area contributed by atoms with Gasteiger partial charge in [0, 0.05) is 36.9 Å². The van der Waals surface area contributed by atoms with Crippen LogP contribution >= 0.6 is 0 Å². The summed E-state index contributed by atoms with van der Waals surface area (Å²) in [5.74, 6) is -3.90. The van der Waals surface area contributed by atoms with Gasteiger partial charge in [-0.05, 0) is 5.56 Å². The zero-order chi connectivity index (χ0) is 16.3. The number of fused-ring (bicyclic) bond motifs is 1. The van der Waals surface area contributed by atoms with Gasteiger partial charge in [0.1, 0.15) is 12.3 Å². The molecule has 0 radical (unpaired) electrons. The van der Waals surface area contributed by atoms with Crippen molar-refractivity contribution in [2.45, 2.75) is 56.5 Å². The van der Waals surface area contributed by atoms with Crippen LogP contribution in [0.15, 0.2) is 6.20 Å². The first kappa shape index (κ1) is 15.4. The molecule has 0 aromatic carbocycles. The number of rotatable bonds is 2. The Morgan fingerprint density at radius 3 is 2.45 bits per heavy atom. The third-order valence-electron chi connectivity index (χ3n) is 4.22. The summed E-state index contributed by atoms with van der Waals surface area (Å²) in [5, 5.41) is 0. The molecule has 2 aliphatic carbocycles. The van der Waals surface area contributed by atoms with Gasteiger partial charge in [-0.25, -0.2) is 18.2 Å². The molecule has 2 atom stereocenters. The summed E-state index contributed by atoms with van der Waals surface area (Å²) < 4.78 is 83.8. The van der Waals surface area contributed by atoms with Crippen LogP contribution in [0.3, 0.4) is 0 Å². The highest BCUT2D eigenvalue weighted by atomic mass is 19.4. The minimum atomic E-state index is -4.64. The van der Waals surface area contributed by atoms with E-state index >= 15 is 0 Å². The van der Waals surface area contributed by atoms with E-state index in [-0.39, 0.29) is 23.4 Å². The molecule has 1 aromatic rings. The fourth-order valence-electron chi connectivity index (χ4n) is 2.99. The van der Waals surface area contributed by atoms with Crippen molar-refractivity contribution >= 4 is 0 Å². The molecule has 1 fully saturated rings. The van der Waals surface area contributed by atoms with E-state index in [4.69, 9.17) is 4.74 Å². The molecule has 8 heteroatoms. The monoisotopic (exact) mass is 325 g/mol. The van der Waals surface area contributed by atoms with Gasteiger partial charge in [-0.15, -0.1) is 0 Å². The first-order chi connectivity index (χ1) is 10.1. The Morgan fingerprint density at radius 1 is 1.27 bits per heavy atom. The molecule has 122 valence electrons. The average Bonchev–Trinajstić information content (AvgIpc) is 2.63. The topological polar surface area (TPSA) is 22.1 Å². The molecule has 0 unspecified atom stereocenters. The van der Waals surface area contributed by atoms with E-state index in [1.807, 2.05) is 0 Å². The van der Waals surface area contributed by atoms with E-state index in [0.29, 0.717) is 6.20 Å². The Hall–Kier alpha value is -1.47. The van der Waals surface area contributed by atoms with Crippen LogP contribution in [0.4, 0.5) is 26.3 Å². The summed E-state index contributed by atoms with van der Waals surface area (Å²) in [7, 11) is 0. The second kappa shape index (κ2) is 4.76. The number of nitrogens with zero attached hydrogens (tertiary/aromatic N) is 1. The number of hydrogen-bond acceptors (Lipinski definition) is 2. The molecular weight excluding hydrogens is 312 g/mol. The molecule has 1 saturated carbocycles. The summed E-state index contributed by atoms with van der Waals surface area (Å²) in [6.45, 7) is 1.37. The normalized spacial score (nSPS) is 27.4. The van der Waals surface area contributed by atoms with Crippen LogP contribution in [0.5, 0.6) is 5.88 Å². The molecule has 2 aliphatic rings. The van der Waals surface area contributed by atoms with Gasteiger partial charge in [-0.1, -0.05) is 6.92 Å². The molecule has 0 bridgehead atoms. The maximum Gasteiger partial charge on any atom is 0.418 e. The molecule has 0 amide bonds. The zero-order valence-electron chi connectivity index (χ0n) is 11.6. The van der Waals surface area contributed by atoms with Gasteiger partial charge >= 0.3 is 6.18 Å². The third-order valence-corrected chi connectivity index (χ3v) is 4.22. The first-order valence-electron chi connectivity index (χ1n) is 6.86. The van der Waals surface area contributed by atoms with E-state index in [2.05, 4.69) is 4.98 Å². The van der Waals surface area contributed by atoms with Crippen molar-refractivity contribution in [1.82, 2.24) is 4.98 Å². The molecule has 1 heterocycles. The number of ether oxygens (including phenoxy) is 1. The van der Waals surface area contributed by atoms with E-state index in [9.17, 15) is 26.3 Å². The summed E-state index contributed by atoms with van der Waals surface area (Å²) in [4.78, 5) is 3.60. The molecule has 3 rings (SSSR count). The highest BCUT2D eigenvalue weighted by Gasteiger charge is 2.48. The maximum absolute atomic E-state index is 13.8. The van der Waals surface area contributed by atoms with Crippen LogP contribution in [-0.2, 0) is 12.6 Å². The van der Waals surface area contributed by atoms with Crippen LogP contribution in [0.25, 0.3) is 0 Å². The smallest absolute Gasteiger partial charge is 0.418 e. The molecule has 22 heavy (non-hydrogen) atoms. The Kier molecular flexibility index (Phi) is 3.34. The molecule has 1 aromatic heterocycles. The lowest BCUT2D eigenvalue weighted by atomic mass is 9.91. The van der Waals surface area contributed by atoms with Crippen molar-refractivity contribution in [2.24, 2.45) is 0 Å². The number of hydrogen-bond donors (Lipinski definition) is 0. The predicted molar refractivity (Wildman–Crippen MR) is 64.9 cm³/mol. The van der Waals surface area contributed by atoms with E-state index in [0.717, 1.165) is 0 Å². The maximum atomic E-state index is 13.8. The molecular formula is C14H13F6NO.